The van der Waals surface area contributed by atoms with E-state index in [1.807, 2.05) is 0 Å². The molecule has 2 aliphatic heterocycles. The fourth-order valence-electron chi connectivity index (χ4n) is 3.31. The van der Waals surface area contributed by atoms with Gasteiger partial charge in [-0.3, -0.25) is 4.79 Å². The zero-order valence-corrected chi connectivity index (χ0v) is 13.4. The Hall–Kier alpha value is -2.69. The second kappa shape index (κ2) is 6.07. The topological polar surface area (TPSA) is 61.8 Å². The quantitative estimate of drug-likeness (QED) is 0.911. The molecule has 2 heterocycles. The minimum Gasteiger partial charge on any atom is -0.508 e. The fraction of sp³-hybridized carbons (Fsp3) is 0.316. The Bertz CT molecular complexity index is 752. The monoisotopic (exact) mass is 324 g/mol. The number of nitrogens with one attached hydrogen (secondary N) is 1. The Balaban J connectivity index is 1.47. The Kier molecular flexibility index (Phi) is 3.76. The predicted molar refractivity (Wildman–Crippen MR) is 92.7 cm³/mol. The Labute approximate surface area is 140 Å². The average Bonchev–Trinajstić information content (AvgIpc) is 3.11. The molecular formula is C19H20N2O3. The summed E-state index contributed by atoms with van der Waals surface area (Å²) in [5.74, 6) is 0.511. The second-order valence-electron chi connectivity index (χ2n) is 6.34. The molecule has 0 saturated carbocycles. The lowest BCUT2D eigenvalue weighted by molar-refractivity contribution is -0.123. The van der Waals surface area contributed by atoms with Gasteiger partial charge in [-0.2, -0.15) is 0 Å². The molecule has 1 fully saturated rings. The van der Waals surface area contributed by atoms with E-state index in [1.54, 1.807) is 12.1 Å². The molecule has 1 saturated heterocycles. The smallest absolute Gasteiger partial charge is 0.265 e. The first-order valence-electron chi connectivity index (χ1n) is 8.33. The number of anilines is 2. The van der Waals surface area contributed by atoms with Crippen molar-refractivity contribution in [2.45, 2.75) is 25.4 Å². The van der Waals surface area contributed by atoms with Crippen LogP contribution in [-0.2, 0) is 11.2 Å². The Morgan fingerprint density at radius 3 is 2.62 bits per heavy atom. The number of hydrogen-bond acceptors (Lipinski definition) is 4. The zero-order chi connectivity index (χ0) is 16.5. The van der Waals surface area contributed by atoms with E-state index >= 15 is 0 Å². The molecule has 1 atom stereocenters. The van der Waals surface area contributed by atoms with Crippen molar-refractivity contribution in [3.05, 3.63) is 48.0 Å². The standard InChI is InChI=1S/C19H20N2O3/c22-15-7-8-17-16(12-15)20-19(23)18(24-17)11-13-3-5-14(6-4-13)21-9-1-2-10-21/h3-8,12,18,22H,1-2,9-11H2,(H,20,23). The number of fused-ring (bicyclic) bond motifs is 1. The van der Waals surface area contributed by atoms with E-state index in [4.69, 9.17) is 4.74 Å². The maximum Gasteiger partial charge on any atom is 0.265 e. The summed E-state index contributed by atoms with van der Waals surface area (Å²) in [6.07, 6.45) is 2.48. The molecule has 1 amide bonds. The number of rotatable bonds is 3. The lowest BCUT2D eigenvalue weighted by Gasteiger charge is -2.26. The van der Waals surface area contributed by atoms with Gasteiger partial charge in [0.2, 0.25) is 0 Å². The van der Waals surface area contributed by atoms with Gasteiger partial charge in [0.25, 0.3) is 5.91 Å². The van der Waals surface area contributed by atoms with Gasteiger partial charge in [-0.25, -0.2) is 0 Å². The van der Waals surface area contributed by atoms with Gasteiger partial charge in [0.1, 0.15) is 11.5 Å². The lowest BCUT2D eigenvalue weighted by Crippen LogP contribution is -2.38. The summed E-state index contributed by atoms with van der Waals surface area (Å²) in [5, 5.41) is 12.3. The number of carbonyl (C=O) groups is 1. The summed E-state index contributed by atoms with van der Waals surface area (Å²) in [6, 6.07) is 13.1. The molecule has 124 valence electrons. The van der Waals surface area contributed by atoms with Crippen molar-refractivity contribution in [3.8, 4) is 11.5 Å². The number of nitrogens with zero attached hydrogens (tertiary/aromatic N) is 1. The number of amides is 1. The van der Waals surface area contributed by atoms with Crippen molar-refractivity contribution in [1.29, 1.82) is 0 Å². The minimum atomic E-state index is -0.556. The molecular weight excluding hydrogens is 304 g/mol. The van der Waals surface area contributed by atoms with Gasteiger partial charge in [0.05, 0.1) is 5.69 Å². The van der Waals surface area contributed by atoms with E-state index in [2.05, 4.69) is 34.5 Å². The highest BCUT2D eigenvalue weighted by atomic mass is 16.5. The first-order chi connectivity index (χ1) is 11.7. The summed E-state index contributed by atoms with van der Waals surface area (Å²) in [6.45, 7) is 2.24. The maximum absolute atomic E-state index is 12.2. The van der Waals surface area contributed by atoms with Crippen LogP contribution in [0.2, 0.25) is 0 Å². The van der Waals surface area contributed by atoms with Crippen LogP contribution in [0, 0.1) is 0 Å². The highest BCUT2D eigenvalue weighted by Gasteiger charge is 2.28. The second-order valence-corrected chi connectivity index (χ2v) is 6.34. The highest BCUT2D eigenvalue weighted by molar-refractivity contribution is 5.98. The van der Waals surface area contributed by atoms with E-state index in [1.165, 1.54) is 24.6 Å². The average molecular weight is 324 g/mol. The minimum absolute atomic E-state index is 0.105. The van der Waals surface area contributed by atoms with E-state index in [9.17, 15) is 9.90 Å². The molecule has 4 rings (SSSR count). The van der Waals surface area contributed by atoms with Crippen LogP contribution >= 0.6 is 0 Å². The van der Waals surface area contributed by atoms with E-state index < -0.39 is 6.10 Å². The first kappa shape index (κ1) is 14.9. The number of benzene rings is 2. The van der Waals surface area contributed by atoms with Gasteiger partial charge in [-0.05, 0) is 42.7 Å². The molecule has 0 aromatic heterocycles. The van der Waals surface area contributed by atoms with E-state index in [0.29, 0.717) is 17.9 Å². The molecule has 24 heavy (non-hydrogen) atoms. The molecule has 2 aromatic rings. The van der Waals surface area contributed by atoms with Gasteiger partial charge in [-0.15, -0.1) is 0 Å². The van der Waals surface area contributed by atoms with Crippen molar-refractivity contribution in [2.24, 2.45) is 0 Å². The fourth-order valence-corrected chi connectivity index (χ4v) is 3.31. The Morgan fingerprint density at radius 2 is 1.88 bits per heavy atom. The number of hydrogen-bond donors (Lipinski definition) is 2. The maximum atomic E-state index is 12.2. The SMILES string of the molecule is O=C1Nc2cc(O)ccc2OC1Cc1ccc(N2CCCC2)cc1. The molecule has 5 heteroatoms. The van der Waals surface area contributed by atoms with Crippen LogP contribution in [0.25, 0.3) is 0 Å². The third-order valence-electron chi connectivity index (χ3n) is 4.61. The molecule has 0 spiro atoms. The van der Waals surface area contributed by atoms with Gasteiger partial charge >= 0.3 is 0 Å². The van der Waals surface area contributed by atoms with Crippen LogP contribution in [0.15, 0.2) is 42.5 Å². The van der Waals surface area contributed by atoms with Crippen molar-refractivity contribution < 1.29 is 14.6 Å². The van der Waals surface area contributed by atoms with Crippen LogP contribution < -0.4 is 15.0 Å². The zero-order valence-electron chi connectivity index (χ0n) is 13.4. The van der Waals surface area contributed by atoms with E-state index in [0.717, 1.165) is 18.7 Å². The predicted octanol–water partition coefficient (Wildman–Crippen LogP) is 2.93. The third kappa shape index (κ3) is 2.89. The molecule has 2 aliphatic rings. The normalized spacial score (nSPS) is 19.6. The molecule has 2 N–H and O–H groups in total. The van der Waals surface area contributed by atoms with Crippen molar-refractivity contribution in [2.75, 3.05) is 23.3 Å². The van der Waals surface area contributed by atoms with Gasteiger partial charge < -0.3 is 20.1 Å². The molecule has 1 unspecified atom stereocenters. The highest BCUT2D eigenvalue weighted by Crippen LogP contribution is 2.33. The molecule has 2 aromatic carbocycles. The van der Waals surface area contributed by atoms with Crippen molar-refractivity contribution in [1.82, 2.24) is 0 Å². The largest absolute Gasteiger partial charge is 0.508 e. The number of ether oxygens (including phenoxy) is 1. The van der Waals surface area contributed by atoms with Crippen LogP contribution in [0.3, 0.4) is 0 Å². The number of aromatic hydroxyl groups is 1. The number of phenolic OH excluding ortho intramolecular Hbond substituents is 1. The van der Waals surface area contributed by atoms with Crippen molar-refractivity contribution >= 4 is 17.3 Å². The molecule has 0 radical (unpaired) electrons. The van der Waals surface area contributed by atoms with Gasteiger partial charge in [0, 0.05) is 31.3 Å². The molecule has 0 aliphatic carbocycles. The summed E-state index contributed by atoms with van der Waals surface area (Å²) in [4.78, 5) is 14.6. The van der Waals surface area contributed by atoms with Gasteiger partial charge in [0.15, 0.2) is 6.10 Å². The van der Waals surface area contributed by atoms with Crippen LogP contribution in [0.4, 0.5) is 11.4 Å². The van der Waals surface area contributed by atoms with E-state index in [-0.39, 0.29) is 11.7 Å². The summed E-state index contributed by atoms with van der Waals surface area (Å²) in [7, 11) is 0. The van der Waals surface area contributed by atoms with Crippen molar-refractivity contribution in [3.63, 3.8) is 0 Å². The van der Waals surface area contributed by atoms with Crippen LogP contribution in [-0.4, -0.2) is 30.2 Å². The third-order valence-corrected chi connectivity index (χ3v) is 4.61. The lowest BCUT2D eigenvalue weighted by atomic mass is 10.1. The number of phenols is 1. The summed E-state index contributed by atoms with van der Waals surface area (Å²) in [5.41, 5.74) is 2.83. The van der Waals surface area contributed by atoms with Crippen LogP contribution in [0.5, 0.6) is 11.5 Å². The first-order valence-corrected chi connectivity index (χ1v) is 8.33. The summed E-state index contributed by atoms with van der Waals surface area (Å²) < 4.78 is 5.80. The summed E-state index contributed by atoms with van der Waals surface area (Å²) >= 11 is 0. The number of carbonyl (C=O) groups excluding carboxylic acids is 1. The van der Waals surface area contributed by atoms with Gasteiger partial charge in [-0.1, -0.05) is 12.1 Å². The van der Waals surface area contributed by atoms with Crippen LogP contribution in [0.1, 0.15) is 18.4 Å². The Morgan fingerprint density at radius 1 is 1.12 bits per heavy atom. The molecule has 0 bridgehead atoms. The molecule has 5 nitrogen and oxygen atoms in total.